The summed E-state index contributed by atoms with van der Waals surface area (Å²) >= 11 is 1.67. The molecular weight excluding hydrogens is 268 g/mol. The first kappa shape index (κ1) is 12.9. The first-order valence-electron chi connectivity index (χ1n) is 6.53. The van der Waals surface area contributed by atoms with E-state index in [1.165, 1.54) is 10.4 Å². The number of rotatable bonds is 4. The van der Waals surface area contributed by atoms with Gasteiger partial charge in [-0.15, -0.1) is 11.3 Å². The molecule has 3 rings (SSSR count). The zero-order valence-electron chi connectivity index (χ0n) is 11.5. The molecule has 0 spiro atoms. The van der Waals surface area contributed by atoms with Crippen LogP contribution in [0, 0.1) is 13.8 Å². The third-order valence-electron chi connectivity index (χ3n) is 3.12. The second-order valence-electron chi connectivity index (χ2n) is 4.72. The van der Waals surface area contributed by atoms with Crippen LogP contribution in [0.2, 0.25) is 0 Å². The molecule has 2 aromatic heterocycles. The summed E-state index contributed by atoms with van der Waals surface area (Å²) < 4.78 is 5.30. The molecule has 0 amide bonds. The predicted octanol–water partition coefficient (Wildman–Crippen LogP) is 4.63. The molecule has 0 fully saturated rings. The molecule has 1 N–H and O–H groups in total. The summed E-state index contributed by atoms with van der Waals surface area (Å²) in [5.74, 6) is 0.912. The van der Waals surface area contributed by atoms with Crippen LogP contribution in [-0.4, -0.2) is 4.98 Å². The van der Waals surface area contributed by atoms with Gasteiger partial charge in [0, 0.05) is 10.4 Å². The van der Waals surface area contributed by atoms with Gasteiger partial charge in [-0.05, 0) is 26.0 Å². The molecule has 0 saturated carbocycles. The highest BCUT2D eigenvalue weighted by Crippen LogP contribution is 2.30. The number of anilines is 1. The van der Waals surface area contributed by atoms with E-state index in [1.54, 1.807) is 17.6 Å². The fourth-order valence-electron chi connectivity index (χ4n) is 2.03. The zero-order valence-corrected chi connectivity index (χ0v) is 12.3. The van der Waals surface area contributed by atoms with E-state index < -0.39 is 0 Å². The van der Waals surface area contributed by atoms with Gasteiger partial charge in [-0.25, -0.2) is 4.98 Å². The second kappa shape index (κ2) is 5.51. The van der Waals surface area contributed by atoms with Crippen LogP contribution in [0.5, 0.6) is 0 Å². The first-order chi connectivity index (χ1) is 9.72. The SMILES string of the molecule is Cc1ccc(-c2nc(NCc3ccco3)sc2C)cc1. The van der Waals surface area contributed by atoms with Crippen LogP contribution in [0.3, 0.4) is 0 Å². The monoisotopic (exact) mass is 284 g/mol. The highest BCUT2D eigenvalue weighted by atomic mass is 32.1. The number of hydrogen-bond acceptors (Lipinski definition) is 4. The summed E-state index contributed by atoms with van der Waals surface area (Å²) in [5.41, 5.74) is 3.48. The van der Waals surface area contributed by atoms with Crippen LogP contribution in [0.4, 0.5) is 5.13 Å². The molecule has 0 aliphatic rings. The number of furan rings is 1. The smallest absolute Gasteiger partial charge is 0.183 e. The Balaban J connectivity index is 1.78. The van der Waals surface area contributed by atoms with Crippen molar-refractivity contribution in [1.82, 2.24) is 4.98 Å². The third kappa shape index (κ3) is 2.75. The molecule has 0 aliphatic carbocycles. The Morgan fingerprint density at radius 1 is 1.15 bits per heavy atom. The lowest BCUT2D eigenvalue weighted by molar-refractivity contribution is 0.518. The zero-order chi connectivity index (χ0) is 13.9. The van der Waals surface area contributed by atoms with Gasteiger partial charge in [0.05, 0.1) is 18.5 Å². The van der Waals surface area contributed by atoms with Gasteiger partial charge in [0.25, 0.3) is 0 Å². The summed E-state index contributed by atoms with van der Waals surface area (Å²) in [4.78, 5) is 5.89. The van der Waals surface area contributed by atoms with Crippen LogP contribution < -0.4 is 5.32 Å². The Bertz CT molecular complexity index is 684. The van der Waals surface area contributed by atoms with E-state index in [0.717, 1.165) is 22.1 Å². The number of aryl methyl sites for hydroxylation is 2. The summed E-state index contributed by atoms with van der Waals surface area (Å²) in [7, 11) is 0. The molecule has 4 heteroatoms. The van der Waals surface area contributed by atoms with Gasteiger partial charge in [0.2, 0.25) is 0 Å². The normalized spacial score (nSPS) is 10.7. The standard InChI is InChI=1S/C16H16N2OS/c1-11-5-7-13(8-6-11)15-12(2)20-16(18-15)17-10-14-4-3-9-19-14/h3-9H,10H2,1-2H3,(H,17,18). The quantitative estimate of drug-likeness (QED) is 0.759. The van der Waals surface area contributed by atoms with Crippen LogP contribution in [-0.2, 0) is 6.54 Å². The molecule has 0 saturated heterocycles. The maximum Gasteiger partial charge on any atom is 0.183 e. The highest BCUT2D eigenvalue weighted by Gasteiger charge is 2.09. The molecule has 3 nitrogen and oxygen atoms in total. The lowest BCUT2D eigenvalue weighted by atomic mass is 10.1. The Morgan fingerprint density at radius 3 is 2.65 bits per heavy atom. The van der Waals surface area contributed by atoms with Crippen molar-refractivity contribution in [2.75, 3.05) is 5.32 Å². The number of thiazole rings is 1. The molecule has 20 heavy (non-hydrogen) atoms. The minimum Gasteiger partial charge on any atom is -0.467 e. The van der Waals surface area contributed by atoms with Gasteiger partial charge in [-0.2, -0.15) is 0 Å². The van der Waals surface area contributed by atoms with E-state index >= 15 is 0 Å². The highest BCUT2D eigenvalue weighted by molar-refractivity contribution is 7.15. The van der Waals surface area contributed by atoms with Crippen molar-refractivity contribution < 1.29 is 4.42 Å². The minimum atomic E-state index is 0.660. The van der Waals surface area contributed by atoms with Crippen molar-refractivity contribution >= 4 is 16.5 Å². The second-order valence-corrected chi connectivity index (χ2v) is 5.93. The molecule has 0 bridgehead atoms. The van der Waals surface area contributed by atoms with Crippen LogP contribution in [0.25, 0.3) is 11.3 Å². The summed E-state index contributed by atoms with van der Waals surface area (Å²) in [6, 6.07) is 12.3. The van der Waals surface area contributed by atoms with Crippen molar-refractivity contribution in [2.24, 2.45) is 0 Å². The lowest BCUT2D eigenvalue weighted by Crippen LogP contribution is -1.97. The minimum absolute atomic E-state index is 0.660. The van der Waals surface area contributed by atoms with Gasteiger partial charge in [-0.3, -0.25) is 0 Å². The predicted molar refractivity (Wildman–Crippen MR) is 83.1 cm³/mol. The van der Waals surface area contributed by atoms with Crippen LogP contribution in [0.15, 0.2) is 47.1 Å². The van der Waals surface area contributed by atoms with E-state index in [0.29, 0.717) is 6.54 Å². The molecule has 1 aromatic carbocycles. The summed E-state index contributed by atoms with van der Waals surface area (Å²) in [5, 5.41) is 4.23. The number of hydrogen-bond donors (Lipinski definition) is 1. The number of nitrogens with one attached hydrogen (secondary N) is 1. The number of aromatic nitrogens is 1. The molecular formula is C16H16N2OS. The Hall–Kier alpha value is -2.07. The van der Waals surface area contributed by atoms with E-state index in [1.807, 2.05) is 12.1 Å². The van der Waals surface area contributed by atoms with Gasteiger partial charge < -0.3 is 9.73 Å². The lowest BCUT2D eigenvalue weighted by Gasteiger charge is -2.00. The molecule has 0 radical (unpaired) electrons. The third-order valence-corrected chi connectivity index (χ3v) is 4.04. The molecule has 0 unspecified atom stereocenters. The Labute approximate surface area is 122 Å². The largest absolute Gasteiger partial charge is 0.467 e. The molecule has 2 heterocycles. The van der Waals surface area contributed by atoms with Crippen LogP contribution >= 0.6 is 11.3 Å². The van der Waals surface area contributed by atoms with Crippen molar-refractivity contribution in [3.63, 3.8) is 0 Å². The van der Waals surface area contributed by atoms with Gasteiger partial charge >= 0.3 is 0 Å². The van der Waals surface area contributed by atoms with Crippen molar-refractivity contribution in [2.45, 2.75) is 20.4 Å². The Morgan fingerprint density at radius 2 is 1.95 bits per heavy atom. The topological polar surface area (TPSA) is 38.1 Å². The molecule has 0 atom stereocenters. The van der Waals surface area contributed by atoms with Gasteiger partial charge in [0.1, 0.15) is 5.76 Å². The first-order valence-corrected chi connectivity index (χ1v) is 7.35. The fourth-order valence-corrected chi connectivity index (χ4v) is 2.86. The maximum atomic E-state index is 5.30. The van der Waals surface area contributed by atoms with E-state index in [4.69, 9.17) is 4.42 Å². The summed E-state index contributed by atoms with van der Waals surface area (Å²) in [6.45, 7) is 4.85. The van der Waals surface area contributed by atoms with Gasteiger partial charge in [-0.1, -0.05) is 29.8 Å². The van der Waals surface area contributed by atoms with Gasteiger partial charge in [0.15, 0.2) is 5.13 Å². The summed E-state index contributed by atoms with van der Waals surface area (Å²) in [6.07, 6.45) is 1.68. The molecule has 102 valence electrons. The molecule has 3 aromatic rings. The van der Waals surface area contributed by atoms with Crippen molar-refractivity contribution in [3.05, 3.63) is 58.9 Å². The van der Waals surface area contributed by atoms with Crippen LogP contribution in [0.1, 0.15) is 16.2 Å². The molecule has 0 aliphatic heterocycles. The van der Waals surface area contributed by atoms with E-state index in [2.05, 4.69) is 48.4 Å². The number of benzene rings is 1. The Kier molecular flexibility index (Phi) is 3.56. The number of nitrogens with zero attached hydrogens (tertiary/aromatic N) is 1. The maximum absolute atomic E-state index is 5.30. The fraction of sp³-hybridized carbons (Fsp3) is 0.188. The van der Waals surface area contributed by atoms with E-state index in [9.17, 15) is 0 Å². The van der Waals surface area contributed by atoms with Crippen molar-refractivity contribution in [3.8, 4) is 11.3 Å². The van der Waals surface area contributed by atoms with E-state index in [-0.39, 0.29) is 0 Å². The average molecular weight is 284 g/mol. The van der Waals surface area contributed by atoms with Crippen molar-refractivity contribution in [1.29, 1.82) is 0 Å². The average Bonchev–Trinajstić information content (AvgIpc) is 3.07.